The Morgan fingerprint density at radius 2 is 1.89 bits per heavy atom. The van der Waals surface area contributed by atoms with Crippen LogP contribution in [-0.2, 0) is 11.3 Å². The summed E-state index contributed by atoms with van der Waals surface area (Å²) < 4.78 is 25.2. The monoisotopic (exact) mass is 517 g/mol. The molecule has 0 aliphatic rings. The van der Waals surface area contributed by atoms with E-state index in [4.69, 9.17) is 14.7 Å². The van der Waals surface area contributed by atoms with E-state index in [9.17, 15) is 9.18 Å². The number of hydroxylamine groups is 1. The number of fused-ring (bicyclic) bond motifs is 1. The average Bonchev–Trinajstić information content (AvgIpc) is 2.94. The van der Waals surface area contributed by atoms with E-state index in [-0.39, 0.29) is 5.82 Å². The Morgan fingerprint density at radius 1 is 1.08 bits per heavy atom. The van der Waals surface area contributed by atoms with Gasteiger partial charge >= 0.3 is 0 Å². The molecule has 0 aliphatic heterocycles. The van der Waals surface area contributed by atoms with Gasteiger partial charge in [-0.3, -0.25) is 10.0 Å². The molecule has 4 N–H and O–H groups in total. The first-order chi connectivity index (χ1) is 18.5. The summed E-state index contributed by atoms with van der Waals surface area (Å²) in [5.41, 5.74) is 5.40. The van der Waals surface area contributed by atoms with Crippen molar-refractivity contribution in [1.29, 1.82) is 0 Å². The molecule has 4 rings (SSSR count). The third-order valence-corrected chi connectivity index (χ3v) is 5.72. The molecular weight excluding hydrogens is 489 g/mol. The number of carbonyl (C=O) groups is 1. The van der Waals surface area contributed by atoms with Gasteiger partial charge in [-0.25, -0.2) is 19.8 Å². The van der Waals surface area contributed by atoms with Crippen molar-refractivity contribution in [2.75, 3.05) is 25.6 Å². The Hall–Kier alpha value is -4.54. The molecule has 0 unspecified atom stereocenters. The SMILES string of the molecule is COc1cc2ncnc(Nc3ccc(F)c(C)c3)c2cc1OCCNCc1ccc(/C=C/C(=O)NO)cc1. The number of anilines is 2. The van der Waals surface area contributed by atoms with E-state index in [2.05, 4.69) is 20.6 Å². The van der Waals surface area contributed by atoms with Crippen LogP contribution in [0.15, 0.2) is 67.0 Å². The lowest BCUT2D eigenvalue weighted by atomic mass is 10.1. The van der Waals surface area contributed by atoms with E-state index in [0.29, 0.717) is 53.8 Å². The summed E-state index contributed by atoms with van der Waals surface area (Å²) >= 11 is 0. The molecule has 4 aromatic rings. The molecule has 0 aliphatic carbocycles. The van der Waals surface area contributed by atoms with Gasteiger partial charge in [0.25, 0.3) is 5.91 Å². The summed E-state index contributed by atoms with van der Waals surface area (Å²) in [6.07, 6.45) is 4.32. The molecule has 10 heteroatoms. The second-order valence-corrected chi connectivity index (χ2v) is 8.41. The van der Waals surface area contributed by atoms with E-state index in [0.717, 1.165) is 16.5 Å². The molecule has 196 valence electrons. The summed E-state index contributed by atoms with van der Waals surface area (Å²) in [7, 11) is 1.57. The molecule has 0 atom stereocenters. The van der Waals surface area contributed by atoms with Crippen molar-refractivity contribution >= 4 is 34.4 Å². The number of nitrogens with zero attached hydrogens (tertiary/aromatic N) is 2. The summed E-state index contributed by atoms with van der Waals surface area (Å²) in [5, 5.41) is 15.8. The lowest BCUT2D eigenvalue weighted by Gasteiger charge is -2.14. The van der Waals surface area contributed by atoms with Crippen molar-refractivity contribution in [3.8, 4) is 11.5 Å². The maximum absolute atomic E-state index is 13.7. The molecule has 0 saturated heterocycles. The molecule has 1 heterocycles. The fourth-order valence-corrected chi connectivity index (χ4v) is 3.72. The molecule has 1 amide bonds. The van der Waals surface area contributed by atoms with Crippen LogP contribution in [0, 0.1) is 12.7 Å². The van der Waals surface area contributed by atoms with Crippen LogP contribution >= 0.6 is 0 Å². The zero-order chi connectivity index (χ0) is 26.9. The molecular formula is C28H28FN5O4. The first-order valence-corrected chi connectivity index (χ1v) is 11.9. The highest BCUT2D eigenvalue weighted by Crippen LogP contribution is 2.34. The number of amides is 1. The van der Waals surface area contributed by atoms with Crippen LogP contribution in [0.25, 0.3) is 17.0 Å². The highest BCUT2D eigenvalue weighted by atomic mass is 19.1. The quantitative estimate of drug-likeness (QED) is 0.0993. The zero-order valence-electron chi connectivity index (χ0n) is 21.0. The number of carbonyl (C=O) groups excluding carboxylic acids is 1. The smallest absolute Gasteiger partial charge is 0.267 e. The topological polar surface area (TPSA) is 118 Å². The number of hydrogen-bond donors (Lipinski definition) is 4. The highest BCUT2D eigenvalue weighted by Gasteiger charge is 2.12. The zero-order valence-corrected chi connectivity index (χ0v) is 21.0. The maximum atomic E-state index is 13.7. The fraction of sp³-hybridized carbons (Fsp3) is 0.179. The minimum Gasteiger partial charge on any atom is -0.493 e. The van der Waals surface area contributed by atoms with Gasteiger partial charge in [0.05, 0.1) is 12.6 Å². The van der Waals surface area contributed by atoms with E-state index in [1.54, 1.807) is 43.8 Å². The summed E-state index contributed by atoms with van der Waals surface area (Å²) in [5.74, 6) is 0.830. The molecule has 0 spiro atoms. The van der Waals surface area contributed by atoms with Gasteiger partial charge in [-0.15, -0.1) is 0 Å². The number of aromatic nitrogens is 2. The normalized spacial score (nSPS) is 11.1. The minimum absolute atomic E-state index is 0.268. The Labute approximate surface area is 219 Å². The Morgan fingerprint density at radius 3 is 2.63 bits per heavy atom. The third-order valence-electron chi connectivity index (χ3n) is 5.72. The van der Waals surface area contributed by atoms with Crippen molar-refractivity contribution in [1.82, 2.24) is 20.8 Å². The van der Waals surface area contributed by atoms with Crippen molar-refractivity contribution in [3.05, 3.63) is 89.5 Å². The van der Waals surface area contributed by atoms with Crippen LogP contribution in [0.5, 0.6) is 11.5 Å². The van der Waals surface area contributed by atoms with Crippen LogP contribution in [0.1, 0.15) is 16.7 Å². The van der Waals surface area contributed by atoms with Gasteiger partial charge in [-0.05, 0) is 54.0 Å². The maximum Gasteiger partial charge on any atom is 0.267 e. The van der Waals surface area contributed by atoms with Crippen LogP contribution in [0.4, 0.5) is 15.9 Å². The van der Waals surface area contributed by atoms with Crippen molar-refractivity contribution < 1.29 is 23.9 Å². The number of hydrogen-bond acceptors (Lipinski definition) is 8. The standard InChI is InChI=1S/C28H28FN5O4/c1-18-13-21(8-9-23(18)29)33-28-22-14-26(25(37-2)15-24(22)31-17-32-28)38-12-11-30-16-20-5-3-19(4-6-20)7-10-27(35)34-36/h3-10,13-15,17,30,36H,11-12,16H2,1-2H3,(H,34,35)(H,31,32,33)/b10-7+. The van der Waals surface area contributed by atoms with Crippen LogP contribution in [-0.4, -0.2) is 41.3 Å². The van der Waals surface area contributed by atoms with Gasteiger partial charge in [0, 0.05) is 36.3 Å². The molecule has 0 fully saturated rings. The number of rotatable bonds is 11. The van der Waals surface area contributed by atoms with Gasteiger partial charge < -0.3 is 20.1 Å². The number of ether oxygens (including phenoxy) is 2. The van der Waals surface area contributed by atoms with E-state index in [1.165, 1.54) is 18.5 Å². The largest absolute Gasteiger partial charge is 0.493 e. The van der Waals surface area contributed by atoms with Gasteiger partial charge in [0.2, 0.25) is 0 Å². The first kappa shape index (κ1) is 26.5. The Bertz CT molecular complexity index is 1440. The number of methoxy groups -OCH3 is 1. The minimum atomic E-state index is -0.582. The summed E-state index contributed by atoms with van der Waals surface area (Å²) in [6.45, 7) is 3.33. The molecule has 3 aromatic carbocycles. The van der Waals surface area contributed by atoms with Crippen LogP contribution in [0.2, 0.25) is 0 Å². The average molecular weight is 518 g/mol. The van der Waals surface area contributed by atoms with Gasteiger partial charge in [-0.2, -0.15) is 0 Å². The second kappa shape index (κ2) is 12.6. The van der Waals surface area contributed by atoms with E-state index >= 15 is 0 Å². The predicted molar refractivity (Wildman–Crippen MR) is 143 cm³/mol. The highest BCUT2D eigenvalue weighted by molar-refractivity contribution is 5.93. The van der Waals surface area contributed by atoms with Crippen molar-refractivity contribution in [3.63, 3.8) is 0 Å². The van der Waals surface area contributed by atoms with Gasteiger partial charge in [0.15, 0.2) is 11.5 Å². The number of aryl methyl sites for hydroxylation is 1. The van der Waals surface area contributed by atoms with E-state index < -0.39 is 5.91 Å². The summed E-state index contributed by atoms with van der Waals surface area (Å²) in [4.78, 5) is 19.8. The van der Waals surface area contributed by atoms with Gasteiger partial charge in [-0.1, -0.05) is 24.3 Å². The van der Waals surface area contributed by atoms with E-state index in [1.807, 2.05) is 30.3 Å². The molecule has 0 radical (unpaired) electrons. The van der Waals surface area contributed by atoms with Crippen LogP contribution < -0.4 is 25.6 Å². The van der Waals surface area contributed by atoms with Crippen LogP contribution in [0.3, 0.4) is 0 Å². The Kier molecular flexibility index (Phi) is 8.81. The number of halogens is 1. The molecule has 9 nitrogen and oxygen atoms in total. The summed E-state index contributed by atoms with van der Waals surface area (Å²) in [6, 6.07) is 16.1. The second-order valence-electron chi connectivity index (χ2n) is 8.41. The van der Waals surface area contributed by atoms with Crippen molar-refractivity contribution in [2.24, 2.45) is 0 Å². The molecule has 0 saturated carbocycles. The van der Waals surface area contributed by atoms with Crippen molar-refractivity contribution in [2.45, 2.75) is 13.5 Å². The predicted octanol–water partition coefficient (Wildman–Crippen LogP) is 4.52. The molecule has 38 heavy (non-hydrogen) atoms. The number of benzene rings is 3. The number of nitrogens with one attached hydrogen (secondary N) is 3. The molecule has 1 aromatic heterocycles. The molecule has 0 bridgehead atoms. The lowest BCUT2D eigenvalue weighted by molar-refractivity contribution is -0.124. The third kappa shape index (κ3) is 6.81. The lowest BCUT2D eigenvalue weighted by Crippen LogP contribution is -2.20. The van der Waals surface area contributed by atoms with Gasteiger partial charge in [0.1, 0.15) is 24.6 Å². The Balaban J connectivity index is 1.37. The first-order valence-electron chi connectivity index (χ1n) is 11.9. The fourth-order valence-electron chi connectivity index (χ4n) is 3.72.